The lowest BCUT2D eigenvalue weighted by Crippen LogP contribution is -2.04. The summed E-state index contributed by atoms with van der Waals surface area (Å²) in [6.45, 7) is 2.05. The van der Waals surface area contributed by atoms with Gasteiger partial charge >= 0.3 is 5.97 Å². The highest BCUT2D eigenvalue weighted by Gasteiger charge is 2.14. The molecule has 3 nitrogen and oxygen atoms in total. The van der Waals surface area contributed by atoms with Crippen LogP contribution in [0.2, 0.25) is 0 Å². The highest BCUT2D eigenvalue weighted by Crippen LogP contribution is 2.17. The molecule has 1 atom stereocenters. The van der Waals surface area contributed by atoms with E-state index in [0.717, 1.165) is 24.1 Å². The molecule has 0 amide bonds. The van der Waals surface area contributed by atoms with Gasteiger partial charge in [-0.05, 0) is 35.7 Å². The molecular formula is C16H15FO3S. The van der Waals surface area contributed by atoms with E-state index in [1.54, 1.807) is 0 Å². The molecule has 0 aromatic heterocycles. The van der Waals surface area contributed by atoms with Gasteiger partial charge in [-0.15, -0.1) is 0 Å². The van der Waals surface area contributed by atoms with Crippen molar-refractivity contribution < 1.29 is 18.5 Å². The molecule has 0 aliphatic rings. The first-order valence-electron chi connectivity index (χ1n) is 6.50. The van der Waals surface area contributed by atoms with Gasteiger partial charge in [0.25, 0.3) is 0 Å². The third-order valence-electron chi connectivity index (χ3n) is 3.16. The maximum Gasteiger partial charge on any atom is 0.338 e. The van der Waals surface area contributed by atoms with Crippen LogP contribution in [0.3, 0.4) is 0 Å². The molecule has 0 radical (unpaired) electrons. The molecule has 0 aliphatic heterocycles. The van der Waals surface area contributed by atoms with E-state index in [2.05, 4.69) is 6.92 Å². The van der Waals surface area contributed by atoms with Crippen LogP contribution in [0, 0.1) is 5.82 Å². The number of aromatic carboxylic acids is 1. The summed E-state index contributed by atoms with van der Waals surface area (Å²) in [5, 5.41) is 8.88. The molecule has 0 aliphatic carbocycles. The van der Waals surface area contributed by atoms with Crippen molar-refractivity contribution in [1.29, 1.82) is 0 Å². The van der Waals surface area contributed by atoms with Crippen LogP contribution in [-0.4, -0.2) is 15.3 Å². The summed E-state index contributed by atoms with van der Waals surface area (Å²) < 4.78 is 25.6. The molecule has 2 aromatic rings. The number of carboxylic acids is 1. The Hall–Kier alpha value is -2.01. The first-order chi connectivity index (χ1) is 10.0. The minimum atomic E-state index is -1.41. The number of rotatable bonds is 5. The van der Waals surface area contributed by atoms with E-state index >= 15 is 0 Å². The van der Waals surface area contributed by atoms with Crippen molar-refractivity contribution in [2.45, 2.75) is 24.0 Å². The molecule has 1 N–H and O–H groups in total. The number of carboxylic acid groups (broad SMARTS) is 1. The fourth-order valence-electron chi connectivity index (χ4n) is 1.92. The molecule has 2 aromatic carbocycles. The smallest absolute Gasteiger partial charge is 0.338 e. The van der Waals surface area contributed by atoms with Crippen molar-refractivity contribution in [3.8, 4) is 0 Å². The summed E-state index contributed by atoms with van der Waals surface area (Å²) in [6.07, 6.45) is 0.934. The highest BCUT2D eigenvalue weighted by atomic mass is 32.2. The van der Waals surface area contributed by atoms with Gasteiger partial charge in [-0.2, -0.15) is 0 Å². The fraction of sp³-hybridized carbons (Fsp3) is 0.188. The predicted octanol–water partition coefficient (Wildman–Crippen LogP) is 3.39. The summed E-state index contributed by atoms with van der Waals surface area (Å²) in [5.74, 6) is -1.91. The zero-order valence-corrected chi connectivity index (χ0v) is 12.3. The third-order valence-corrected chi connectivity index (χ3v) is 4.54. The monoisotopic (exact) mass is 306 g/mol. The van der Waals surface area contributed by atoms with Crippen LogP contribution in [0.1, 0.15) is 28.4 Å². The first-order valence-corrected chi connectivity index (χ1v) is 7.82. The van der Waals surface area contributed by atoms with Crippen LogP contribution in [0.15, 0.2) is 47.4 Å². The number of carbonyl (C=O) groups is 1. The molecule has 0 bridgehead atoms. The van der Waals surface area contributed by atoms with Crippen molar-refractivity contribution >= 4 is 16.8 Å². The van der Waals surface area contributed by atoms with Gasteiger partial charge in [-0.1, -0.05) is 31.2 Å². The van der Waals surface area contributed by atoms with Gasteiger partial charge in [0.05, 0.1) is 22.1 Å². The molecule has 21 heavy (non-hydrogen) atoms. The summed E-state index contributed by atoms with van der Waals surface area (Å²) in [5.41, 5.74) is 1.63. The second-order valence-electron chi connectivity index (χ2n) is 4.61. The average Bonchev–Trinajstić information content (AvgIpc) is 2.48. The van der Waals surface area contributed by atoms with E-state index < -0.39 is 28.1 Å². The Morgan fingerprint density at radius 1 is 1.14 bits per heavy atom. The Balaban J connectivity index is 2.19. The SMILES string of the molecule is CCc1ccc(CS(=O)c2ccc(F)c(C(=O)O)c2)cc1. The number of hydrogen-bond acceptors (Lipinski definition) is 2. The molecule has 2 rings (SSSR count). The Morgan fingerprint density at radius 3 is 2.33 bits per heavy atom. The lowest BCUT2D eigenvalue weighted by molar-refractivity contribution is 0.0691. The van der Waals surface area contributed by atoms with Crippen LogP contribution in [0.4, 0.5) is 4.39 Å². The maximum absolute atomic E-state index is 13.3. The Labute approximate surface area is 124 Å². The van der Waals surface area contributed by atoms with Crippen LogP contribution in [-0.2, 0) is 23.0 Å². The van der Waals surface area contributed by atoms with E-state index in [1.165, 1.54) is 11.6 Å². The number of halogens is 1. The minimum Gasteiger partial charge on any atom is -0.478 e. The molecular weight excluding hydrogens is 291 g/mol. The topological polar surface area (TPSA) is 54.4 Å². The number of aryl methyl sites for hydroxylation is 1. The van der Waals surface area contributed by atoms with Crippen molar-refractivity contribution in [1.82, 2.24) is 0 Å². The van der Waals surface area contributed by atoms with Gasteiger partial charge in [-0.25, -0.2) is 9.18 Å². The van der Waals surface area contributed by atoms with Crippen molar-refractivity contribution in [2.24, 2.45) is 0 Å². The highest BCUT2D eigenvalue weighted by molar-refractivity contribution is 7.84. The van der Waals surface area contributed by atoms with E-state index in [0.29, 0.717) is 4.90 Å². The van der Waals surface area contributed by atoms with Gasteiger partial charge in [0, 0.05) is 4.90 Å². The molecule has 5 heteroatoms. The molecule has 0 fully saturated rings. The second-order valence-corrected chi connectivity index (χ2v) is 6.06. The quantitative estimate of drug-likeness (QED) is 0.921. The van der Waals surface area contributed by atoms with Crippen LogP contribution in [0.25, 0.3) is 0 Å². The van der Waals surface area contributed by atoms with Gasteiger partial charge in [-0.3, -0.25) is 4.21 Å². The van der Waals surface area contributed by atoms with Crippen LogP contribution >= 0.6 is 0 Å². The average molecular weight is 306 g/mol. The maximum atomic E-state index is 13.3. The third kappa shape index (κ3) is 3.76. The van der Waals surface area contributed by atoms with E-state index in [-0.39, 0.29) is 5.75 Å². The number of hydrogen-bond donors (Lipinski definition) is 1. The minimum absolute atomic E-state index is 0.273. The molecule has 110 valence electrons. The predicted molar refractivity (Wildman–Crippen MR) is 79.3 cm³/mol. The van der Waals surface area contributed by atoms with Crippen molar-refractivity contribution in [3.63, 3.8) is 0 Å². The zero-order valence-electron chi connectivity index (χ0n) is 11.5. The largest absolute Gasteiger partial charge is 0.478 e. The van der Waals surface area contributed by atoms with Gasteiger partial charge in [0.2, 0.25) is 0 Å². The summed E-state index contributed by atoms with van der Waals surface area (Å²) in [4.78, 5) is 11.2. The number of benzene rings is 2. The van der Waals surface area contributed by atoms with Gasteiger partial charge in [0.15, 0.2) is 0 Å². The lowest BCUT2D eigenvalue weighted by Gasteiger charge is -2.05. The standard InChI is InChI=1S/C16H15FO3S/c1-2-11-3-5-12(6-4-11)10-21(20)13-7-8-15(17)14(9-13)16(18)19/h3-9H,2,10H2,1H3,(H,18,19). The Bertz CT molecular complexity index is 680. The van der Waals surface area contributed by atoms with E-state index in [9.17, 15) is 13.4 Å². The first kappa shape index (κ1) is 15.4. The molecule has 1 unspecified atom stereocenters. The lowest BCUT2D eigenvalue weighted by atomic mass is 10.1. The zero-order chi connectivity index (χ0) is 15.4. The molecule has 0 heterocycles. The fourth-order valence-corrected chi connectivity index (χ4v) is 3.05. The summed E-state index contributed by atoms with van der Waals surface area (Å²) >= 11 is 0. The normalized spacial score (nSPS) is 12.1. The van der Waals surface area contributed by atoms with Crippen molar-refractivity contribution in [3.05, 3.63) is 65.0 Å². The Kier molecular flexibility index (Phi) is 4.85. The van der Waals surface area contributed by atoms with Gasteiger partial charge in [0.1, 0.15) is 5.82 Å². The van der Waals surface area contributed by atoms with Crippen LogP contribution < -0.4 is 0 Å². The summed E-state index contributed by atoms with van der Waals surface area (Å²) in [7, 11) is -1.41. The van der Waals surface area contributed by atoms with E-state index in [4.69, 9.17) is 5.11 Å². The molecule has 0 saturated carbocycles. The molecule has 0 saturated heterocycles. The second kappa shape index (κ2) is 6.63. The van der Waals surface area contributed by atoms with Gasteiger partial charge < -0.3 is 5.11 Å². The van der Waals surface area contributed by atoms with E-state index in [1.807, 2.05) is 24.3 Å². The van der Waals surface area contributed by atoms with Crippen molar-refractivity contribution in [2.75, 3.05) is 0 Å². The Morgan fingerprint density at radius 2 is 1.76 bits per heavy atom. The molecule has 0 spiro atoms. The van der Waals surface area contributed by atoms with Crippen LogP contribution in [0.5, 0.6) is 0 Å². The summed E-state index contributed by atoms with van der Waals surface area (Å²) in [6, 6.07) is 11.3.